The van der Waals surface area contributed by atoms with E-state index in [0.29, 0.717) is 12.2 Å². The number of carboxylic acid groups (broad SMARTS) is 1. The van der Waals surface area contributed by atoms with Gasteiger partial charge in [0.15, 0.2) is 0 Å². The van der Waals surface area contributed by atoms with E-state index in [2.05, 4.69) is 16.0 Å². The molecule has 0 aliphatic heterocycles. The number of carboxylic acids is 1. The molecule has 0 aliphatic carbocycles. The molecule has 0 aromatic heterocycles. The van der Waals surface area contributed by atoms with Crippen LogP contribution >= 0.6 is 0 Å². The molecule has 0 bridgehead atoms. The number of benzene rings is 1. The Labute approximate surface area is 123 Å². The SMILES string of the molecule is CNCCCN[C@H](CC(=O)Nc1cccc(O)c1)C(=O)O. The maximum absolute atomic E-state index is 11.8. The summed E-state index contributed by atoms with van der Waals surface area (Å²) in [6.07, 6.45) is 0.596. The van der Waals surface area contributed by atoms with Gasteiger partial charge in [-0.05, 0) is 38.7 Å². The smallest absolute Gasteiger partial charge is 0.321 e. The molecular formula is C14H21N3O4. The number of nitrogens with one attached hydrogen (secondary N) is 3. The molecule has 1 atom stereocenters. The normalized spacial score (nSPS) is 11.9. The summed E-state index contributed by atoms with van der Waals surface area (Å²) in [6.45, 7) is 1.28. The molecule has 0 saturated heterocycles. The number of aliphatic carboxylic acids is 1. The van der Waals surface area contributed by atoms with Gasteiger partial charge < -0.3 is 26.2 Å². The van der Waals surface area contributed by atoms with Crippen molar-refractivity contribution in [1.82, 2.24) is 10.6 Å². The van der Waals surface area contributed by atoms with Crippen molar-refractivity contribution in [3.8, 4) is 5.75 Å². The Balaban J connectivity index is 2.46. The summed E-state index contributed by atoms with van der Waals surface area (Å²) in [7, 11) is 1.82. The van der Waals surface area contributed by atoms with Crippen LogP contribution in [0.5, 0.6) is 5.75 Å². The third-order valence-electron chi connectivity index (χ3n) is 2.81. The minimum atomic E-state index is -1.06. The Morgan fingerprint density at radius 2 is 2.05 bits per heavy atom. The summed E-state index contributed by atoms with van der Waals surface area (Å²) >= 11 is 0. The molecule has 0 aliphatic rings. The highest BCUT2D eigenvalue weighted by atomic mass is 16.4. The van der Waals surface area contributed by atoms with Crippen LogP contribution < -0.4 is 16.0 Å². The number of hydrogen-bond acceptors (Lipinski definition) is 5. The van der Waals surface area contributed by atoms with Crippen molar-refractivity contribution in [1.29, 1.82) is 0 Å². The summed E-state index contributed by atoms with van der Waals surface area (Å²) in [5.41, 5.74) is 0.430. The second-order valence-corrected chi connectivity index (χ2v) is 4.60. The largest absolute Gasteiger partial charge is 0.508 e. The predicted molar refractivity (Wildman–Crippen MR) is 79.3 cm³/mol. The lowest BCUT2D eigenvalue weighted by Gasteiger charge is -2.14. The van der Waals surface area contributed by atoms with Gasteiger partial charge in [0.1, 0.15) is 11.8 Å². The minimum absolute atomic E-state index is 0.0350. The van der Waals surface area contributed by atoms with Crippen molar-refractivity contribution < 1.29 is 19.8 Å². The molecule has 0 unspecified atom stereocenters. The van der Waals surface area contributed by atoms with Gasteiger partial charge >= 0.3 is 5.97 Å². The zero-order valence-electron chi connectivity index (χ0n) is 11.9. The third-order valence-corrected chi connectivity index (χ3v) is 2.81. The van der Waals surface area contributed by atoms with E-state index in [1.54, 1.807) is 12.1 Å². The standard InChI is InChI=1S/C14H21N3O4/c1-15-6-3-7-16-12(14(20)21)9-13(19)17-10-4-2-5-11(18)8-10/h2,4-5,8,12,15-16,18H,3,6-7,9H2,1H3,(H,17,19)(H,20,21)/t12-/m1/s1. The maximum Gasteiger partial charge on any atom is 0.321 e. The molecule has 1 rings (SSSR count). The monoisotopic (exact) mass is 295 g/mol. The second kappa shape index (κ2) is 8.93. The summed E-state index contributed by atoms with van der Waals surface area (Å²) in [4.78, 5) is 22.9. The Bertz CT molecular complexity index is 479. The van der Waals surface area contributed by atoms with Gasteiger partial charge in [-0.3, -0.25) is 9.59 Å². The van der Waals surface area contributed by atoms with E-state index in [9.17, 15) is 14.7 Å². The van der Waals surface area contributed by atoms with Gasteiger partial charge in [0.25, 0.3) is 0 Å². The lowest BCUT2D eigenvalue weighted by atomic mass is 10.2. The van der Waals surface area contributed by atoms with E-state index in [1.807, 2.05) is 7.05 Å². The number of amides is 1. The first-order valence-corrected chi connectivity index (χ1v) is 6.72. The highest BCUT2D eigenvalue weighted by Gasteiger charge is 2.20. The molecule has 21 heavy (non-hydrogen) atoms. The van der Waals surface area contributed by atoms with Gasteiger partial charge in [-0.25, -0.2) is 0 Å². The molecule has 116 valence electrons. The minimum Gasteiger partial charge on any atom is -0.508 e. The van der Waals surface area contributed by atoms with Crippen LogP contribution in [0.1, 0.15) is 12.8 Å². The van der Waals surface area contributed by atoms with Crippen LogP contribution in [-0.4, -0.2) is 48.3 Å². The van der Waals surface area contributed by atoms with E-state index in [0.717, 1.165) is 13.0 Å². The Kier molecular flexibility index (Phi) is 7.20. The van der Waals surface area contributed by atoms with Gasteiger partial charge in [-0.2, -0.15) is 0 Å². The fourth-order valence-electron chi connectivity index (χ4n) is 1.77. The van der Waals surface area contributed by atoms with Crippen LogP contribution in [0.4, 0.5) is 5.69 Å². The fourth-order valence-corrected chi connectivity index (χ4v) is 1.77. The van der Waals surface area contributed by atoms with Crippen molar-refractivity contribution in [2.24, 2.45) is 0 Å². The first-order valence-electron chi connectivity index (χ1n) is 6.72. The van der Waals surface area contributed by atoms with Crippen molar-refractivity contribution in [2.75, 3.05) is 25.5 Å². The van der Waals surface area contributed by atoms with Crippen LogP contribution in [0, 0.1) is 0 Å². The Morgan fingerprint density at radius 3 is 2.67 bits per heavy atom. The molecule has 1 aromatic carbocycles. The first kappa shape index (κ1) is 16.9. The molecule has 0 fully saturated rings. The lowest BCUT2D eigenvalue weighted by molar-refractivity contribution is -0.141. The van der Waals surface area contributed by atoms with Crippen molar-refractivity contribution in [3.63, 3.8) is 0 Å². The molecule has 0 spiro atoms. The summed E-state index contributed by atoms with van der Waals surface area (Å²) < 4.78 is 0. The van der Waals surface area contributed by atoms with E-state index in [1.165, 1.54) is 12.1 Å². The van der Waals surface area contributed by atoms with E-state index in [-0.39, 0.29) is 12.2 Å². The number of carbonyl (C=O) groups is 2. The highest BCUT2D eigenvalue weighted by Crippen LogP contribution is 2.15. The van der Waals surface area contributed by atoms with Gasteiger partial charge in [0.2, 0.25) is 5.91 Å². The van der Waals surface area contributed by atoms with Gasteiger partial charge in [0.05, 0.1) is 6.42 Å². The quantitative estimate of drug-likeness (QED) is 0.421. The predicted octanol–water partition coefficient (Wildman–Crippen LogP) is 0.373. The van der Waals surface area contributed by atoms with Gasteiger partial charge in [-0.1, -0.05) is 6.07 Å². The Morgan fingerprint density at radius 1 is 1.29 bits per heavy atom. The van der Waals surface area contributed by atoms with Gasteiger partial charge in [-0.15, -0.1) is 0 Å². The lowest BCUT2D eigenvalue weighted by Crippen LogP contribution is -2.40. The number of phenolic OH excluding ortho intramolecular Hbond substituents is 1. The second-order valence-electron chi connectivity index (χ2n) is 4.60. The number of hydrogen-bond donors (Lipinski definition) is 5. The average Bonchev–Trinajstić information content (AvgIpc) is 2.42. The molecule has 0 heterocycles. The van der Waals surface area contributed by atoms with Crippen LogP contribution in [0.3, 0.4) is 0 Å². The molecule has 7 heteroatoms. The summed E-state index contributed by atoms with van der Waals surface area (Å²) in [5, 5.41) is 26.7. The highest BCUT2D eigenvalue weighted by molar-refractivity contribution is 5.94. The number of anilines is 1. The zero-order valence-corrected chi connectivity index (χ0v) is 11.9. The average molecular weight is 295 g/mol. The van der Waals surface area contributed by atoms with Crippen LogP contribution in [0.15, 0.2) is 24.3 Å². The molecule has 0 saturated carbocycles. The molecule has 7 nitrogen and oxygen atoms in total. The Hall–Kier alpha value is -2.12. The summed E-state index contributed by atoms with van der Waals surface area (Å²) in [5.74, 6) is -1.45. The van der Waals surface area contributed by atoms with Crippen LogP contribution in [-0.2, 0) is 9.59 Å². The topological polar surface area (TPSA) is 111 Å². The van der Waals surface area contributed by atoms with Gasteiger partial charge in [0, 0.05) is 11.8 Å². The summed E-state index contributed by atoms with van der Waals surface area (Å²) in [6, 6.07) is 5.16. The maximum atomic E-state index is 11.8. The van der Waals surface area contributed by atoms with E-state index < -0.39 is 17.9 Å². The third kappa shape index (κ3) is 6.73. The molecule has 1 aromatic rings. The van der Waals surface area contributed by atoms with Crippen LogP contribution in [0.2, 0.25) is 0 Å². The molecular weight excluding hydrogens is 274 g/mol. The molecule has 0 radical (unpaired) electrons. The first-order chi connectivity index (χ1) is 10.0. The fraction of sp³-hybridized carbons (Fsp3) is 0.429. The van der Waals surface area contributed by atoms with E-state index in [4.69, 9.17) is 5.11 Å². The van der Waals surface area contributed by atoms with E-state index >= 15 is 0 Å². The number of aromatic hydroxyl groups is 1. The number of carbonyl (C=O) groups excluding carboxylic acids is 1. The van der Waals surface area contributed by atoms with Crippen molar-refractivity contribution >= 4 is 17.6 Å². The van der Waals surface area contributed by atoms with Crippen molar-refractivity contribution in [3.05, 3.63) is 24.3 Å². The molecule has 5 N–H and O–H groups in total. The zero-order chi connectivity index (χ0) is 15.7. The molecule has 1 amide bonds. The number of phenols is 1. The number of rotatable bonds is 9. The van der Waals surface area contributed by atoms with Crippen molar-refractivity contribution in [2.45, 2.75) is 18.9 Å². The van der Waals surface area contributed by atoms with Crippen LogP contribution in [0.25, 0.3) is 0 Å².